The van der Waals surface area contributed by atoms with Crippen molar-refractivity contribution in [2.24, 2.45) is 0 Å². The van der Waals surface area contributed by atoms with Gasteiger partial charge in [0.2, 0.25) is 0 Å². The van der Waals surface area contributed by atoms with E-state index in [9.17, 15) is 25.0 Å². The third-order valence-electron chi connectivity index (χ3n) is 3.10. The standard InChI is InChI=1S/C16H22N2O10/c1-2-27-16(19)12-26-8-7-24-5-6-25-9-10-28-15-4-3-13(17(20)21)11-14(15)18(22)23/h3-4,11H,2,5-10,12H2,1H3. The summed E-state index contributed by atoms with van der Waals surface area (Å²) in [6, 6.07) is 3.14. The molecule has 1 rings (SSSR count). The summed E-state index contributed by atoms with van der Waals surface area (Å²) in [5, 5.41) is 21.6. The Balaban J connectivity index is 2.12. The fourth-order valence-electron chi connectivity index (χ4n) is 1.89. The molecule has 0 bridgehead atoms. The molecule has 0 heterocycles. The van der Waals surface area contributed by atoms with Crippen LogP contribution in [0.15, 0.2) is 18.2 Å². The second-order valence-electron chi connectivity index (χ2n) is 5.10. The highest BCUT2D eigenvalue weighted by Crippen LogP contribution is 2.30. The molecule has 0 aliphatic carbocycles. The van der Waals surface area contributed by atoms with Gasteiger partial charge in [-0.15, -0.1) is 0 Å². The molecular formula is C16H22N2O10. The first-order valence-electron chi connectivity index (χ1n) is 8.40. The van der Waals surface area contributed by atoms with E-state index in [0.29, 0.717) is 13.2 Å². The monoisotopic (exact) mass is 402 g/mol. The smallest absolute Gasteiger partial charge is 0.332 e. The van der Waals surface area contributed by atoms with Crippen molar-refractivity contribution < 1.29 is 38.3 Å². The van der Waals surface area contributed by atoms with Crippen LogP contribution in [0.3, 0.4) is 0 Å². The summed E-state index contributed by atoms with van der Waals surface area (Å²) in [6.07, 6.45) is 0. The molecule has 0 unspecified atom stereocenters. The van der Waals surface area contributed by atoms with Crippen LogP contribution in [0.1, 0.15) is 6.92 Å². The van der Waals surface area contributed by atoms with Gasteiger partial charge in [0.15, 0.2) is 5.75 Å². The second-order valence-corrected chi connectivity index (χ2v) is 5.10. The van der Waals surface area contributed by atoms with Crippen LogP contribution in [0, 0.1) is 20.2 Å². The highest BCUT2D eigenvalue weighted by atomic mass is 16.6. The van der Waals surface area contributed by atoms with Gasteiger partial charge in [-0.25, -0.2) is 4.79 Å². The average molecular weight is 402 g/mol. The van der Waals surface area contributed by atoms with Crippen molar-refractivity contribution in [3.63, 3.8) is 0 Å². The molecule has 0 radical (unpaired) electrons. The number of nitrogens with zero attached hydrogens (tertiary/aromatic N) is 2. The van der Waals surface area contributed by atoms with Crippen molar-refractivity contribution in [1.29, 1.82) is 0 Å². The molecule has 0 saturated heterocycles. The molecule has 1 aromatic carbocycles. The molecule has 0 fully saturated rings. The lowest BCUT2D eigenvalue weighted by Crippen LogP contribution is -2.16. The number of hydrogen-bond donors (Lipinski definition) is 0. The Hall–Kier alpha value is -2.83. The Morgan fingerprint density at radius 3 is 2.11 bits per heavy atom. The first-order chi connectivity index (χ1) is 13.5. The number of nitro benzene ring substituents is 2. The summed E-state index contributed by atoms with van der Waals surface area (Å²) in [7, 11) is 0. The van der Waals surface area contributed by atoms with E-state index in [2.05, 4.69) is 4.74 Å². The van der Waals surface area contributed by atoms with Crippen LogP contribution < -0.4 is 4.74 Å². The van der Waals surface area contributed by atoms with Crippen molar-refractivity contribution in [2.75, 3.05) is 52.9 Å². The Bertz CT molecular complexity index is 652. The molecule has 156 valence electrons. The number of hydrogen-bond acceptors (Lipinski definition) is 10. The van der Waals surface area contributed by atoms with Crippen LogP contribution in [-0.2, 0) is 23.7 Å². The molecule has 0 spiro atoms. The van der Waals surface area contributed by atoms with E-state index in [0.717, 1.165) is 12.1 Å². The van der Waals surface area contributed by atoms with E-state index in [1.54, 1.807) is 6.92 Å². The van der Waals surface area contributed by atoms with Crippen LogP contribution >= 0.6 is 0 Å². The van der Waals surface area contributed by atoms with E-state index in [1.807, 2.05) is 0 Å². The maximum absolute atomic E-state index is 11.0. The van der Waals surface area contributed by atoms with Crippen LogP contribution in [-0.4, -0.2) is 68.7 Å². The third kappa shape index (κ3) is 9.21. The minimum atomic E-state index is -0.749. The van der Waals surface area contributed by atoms with E-state index >= 15 is 0 Å². The number of carbonyl (C=O) groups excluding carboxylic acids is 1. The zero-order valence-electron chi connectivity index (χ0n) is 15.4. The Morgan fingerprint density at radius 2 is 1.54 bits per heavy atom. The van der Waals surface area contributed by atoms with Crippen molar-refractivity contribution >= 4 is 17.3 Å². The summed E-state index contributed by atoms with van der Waals surface area (Å²) >= 11 is 0. The largest absolute Gasteiger partial charge is 0.484 e. The Labute approximate surface area is 160 Å². The molecule has 0 saturated carbocycles. The van der Waals surface area contributed by atoms with Gasteiger partial charge in [0.05, 0.1) is 55.6 Å². The molecule has 0 N–H and O–H groups in total. The quantitative estimate of drug-likeness (QED) is 0.183. The normalized spacial score (nSPS) is 10.5. The molecule has 0 aliphatic heterocycles. The van der Waals surface area contributed by atoms with Gasteiger partial charge in [-0.2, -0.15) is 0 Å². The first kappa shape index (κ1) is 23.2. The van der Waals surface area contributed by atoms with Crippen LogP contribution in [0.4, 0.5) is 11.4 Å². The van der Waals surface area contributed by atoms with Gasteiger partial charge in [0.1, 0.15) is 13.2 Å². The zero-order valence-corrected chi connectivity index (χ0v) is 15.4. The lowest BCUT2D eigenvalue weighted by atomic mass is 10.2. The van der Waals surface area contributed by atoms with E-state index in [4.69, 9.17) is 18.9 Å². The van der Waals surface area contributed by atoms with Gasteiger partial charge in [-0.1, -0.05) is 0 Å². The van der Waals surface area contributed by atoms with Gasteiger partial charge < -0.3 is 23.7 Å². The van der Waals surface area contributed by atoms with Crippen LogP contribution in [0.2, 0.25) is 0 Å². The fourth-order valence-corrected chi connectivity index (χ4v) is 1.89. The van der Waals surface area contributed by atoms with Gasteiger partial charge in [-0.05, 0) is 13.0 Å². The lowest BCUT2D eigenvalue weighted by molar-refractivity contribution is -0.394. The second kappa shape index (κ2) is 13.4. The predicted molar refractivity (Wildman–Crippen MR) is 94.3 cm³/mol. The minimum absolute atomic E-state index is 0.0291. The van der Waals surface area contributed by atoms with E-state index in [1.165, 1.54) is 6.07 Å². The highest BCUT2D eigenvalue weighted by Gasteiger charge is 2.20. The van der Waals surface area contributed by atoms with Gasteiger partial charge in [0, 0.05) is 6.07 Å². The average Bonchev–Trinajstić information content (AvgIpc) is 2.66. The molecule has 12 heteroatoms. The van der Waals surface area contributed by atoms with Crippen LogP contribution in [0.5, 0.6) is 5.75 Å². The number of benzene rings is 1. The molecule has 0 atom stereocenters. The van der Waals surface area contributed by atoms with E-state index < -0.39 is 27.2 Å². The van der Waals surface area contributed by atoms with Crippen molar-refractivity contribution in [2.45, 2.75) is 6.92 Å². The zero-order chi connectivity index (χ0) is 20.8. The summed E-state index contributed by atoms with van der Waals surface area (Å²) in [6.45, 7) is 3.15. The maximum Gasteiger partial charge on any atom is 0.332 e. The number of carbonyl (C=O) groups is 1. The Morgan fingerprint density at radius 1 is 0.929 bits per heavy atom. The van der Waals surface area contributed by atoms with Crippen molar-refractivity contribution in [3.8, 4) is 5.75 Å². The summed E-state index contributed by atoms with van der Waals surface area (Å²) in [5.74, 6) is -0.506. The van der Waals surface area contributed by atoms with Crippen molar-refractivity contribution in [3.05, 3.63) is 38.4 Å². The van der Waals surface area contributed by atoms with E-state index in [-0.39, 0.29) is 45.4 Å². The summed E-state index contributed by atoms with van der Waals surface area (Å²) in [4.78, 5) is 31.2. The predicted octanol–water partition coefficient (Wildman–Crippen LogP) is 1.49. The summed E-state index contributed by atoms with van der Waals surface area (Å²) in [5.41, 5.74) is -0.876. The number of rotatable bonds is 15. The number of esters is 1. The number of ether oxygens (including phenoxy) is 5. The SMILES string of the molecule is CCOC(=O)COCCOCCOCCOc1ccc([N+](=O)[O-])cc1[N+](=O)[O-]. The molecule has 12 nitrogen and oxygen atoms in total. The number of non-ortho nitro benzene ring substituents is 1. The topological polar surface area (TPSA) is 150 Å². The molecule has 0 amide bonds. The minimum Gasteiger partial charge on any atom is -0.484 e. The lowest BCUT2D eigenvalue weighted by Gasteiger charge is -2.08. The molecular weight excluding hydrogens is 380 g/mol. The molecule has 1 aromatic rings. The Kier molecular flexibility index (Phi) is 11.1. The van der Waals surface area contributed by atoms with Crippen molar-refractivity contribution in [1.82, 2.24) is 0 Å². The van der Waals surface area contributed by atoms with Gasteiger partial charge in [-0.3, -0.25) is 20.2 Å². The van der Waals surface area contributed by atoms with Gasteiger partial charge >= 0.3 is 11.7 Å². The van der Waals surface area contributed by atoms with Crippen LogP contribution in [0.25, 0.3) is 0 Å². The third-order valence-corrected chi connectivity index (χ3v) is 3.10. The fraction of sp³-hybridized carbons (Fsp3) is 0.562. The number of nitro groups is 2. The molecule has 0 aliphatic rings. The maximum atomic E-state index is 11.0. The molecule has 28 heavy (non-hydrogen) atoms. The molecule has 0 aromatic heterocycles. The summed E-state index contributed by atoms with van der Waals surface area (Å²) < 4.78 is 25.5. The van der Waals surface area contributed by atoms with Gasteiger partial charge in [0.25, 0.3) is 5.69 Å². The highest BCUT2D eigenvalue weighted by molar-refractivity contribution is 5.70. The first-order valence-corrected chi connectivity index (χ1v) is 8.40.